The average molecular weight is 479 g/mol. The zero-order valence-electron chi connectivity index (χ0n) is 21.5. The fourth-order valence-corrected chi connectivity index (χ4v) is 2.55. The number of carbonyl (C=O) groups excluding carboxylic acids is 2. The molecule has 0 aromatic heterocycles. The van der Waals surface area contributed by atoms with Gasteiger partial charge >= 0.3 is 23.9 Å². The van der Waals surface area contributed by atoms with Crippen LogP contribution in [-0.2, 0) is 38.0 Å². The van der Waals surface area contributed by atoms with Crippen LogP contribution in [0.1, 0.15) is 99.3 Å². The molecule has 1 N–H and O–H groups in total. The van der Waals surface area contributed by atoms with E-state index in [0.717, 1.165) is 51.4 Å². The molecule has 1 unspecified atom stereocenters. The zero-order valence-corrected chi connectivity index (χ0v) is 21.5. The van der Waals surface area contributed by atoms with E-state index in [2.05, 4.69) is 0 Å². The van der Waals surface area contributed by atoms with Crippen molar-refractivity contribution < 1.29 is 43.1 Å². The third-order valence-corrected chi connectivity index (χ3v) is 4.67. The third-order valence-electron chi connectivity index (χ3n) is 4.67. The minimum absolute atomic E-state index is 0.326. The first-order valence-corrected chi connectivity index (χ1v) is 12.3. The monoisotopic (exact) mass is 478 g/mol. The summed E-state index contributed by atoms with van der Waals surface area (Å²) in [6, 6.07) is 0. The van der Waals surface area contributed by atoms with Gasteiger partial charge in [-0.1, -0.05) is 53.4 Å². The molecule has 0 bridgehead atoms. The lowest BCUT2D eigenvalue weighted by Crippen LogP contribution is -2.43. The Kier molecular flexibility index (Phi) is 17.4. The summed E-state index contributed by atoms with van der Waals surface area (Å²) in [6.45, 7) is 12.4. The van der Waals surface area contributed by atoms with Crippen molar-refractivity contribution in [3.63, 3.8) is 0 Å². The molecule has 0 heterocycles. The molecule has 0 aliphatic rings. The molecule has 1 atom stereocenters. The van der Waals surface area contributed by atoms with Crippen molar-refractivity contribution in [1.82, 2.24) is 0 Å². The molecule has 0 aliphatic heterocycles. The highest BCUT2D eigenvalue weighted by atomic mass is 16.9. The third kappa shape index (κ3) is 15.3. The molecule has 0 spiro atoms. The van der Waals surface area contributed by atoms with Crippen LogP contribution in [0.2, 0.25) is 0 Å². The lowest BCUT2D eigenvalue weighted by molar-refractivity contribution is -0.357. The number of ether oxygens (including phenoxy) is 6. The van der Waals surface area contributed by atoms with E-state index in [1.54, 1.807) is 0 Å². The van der Waals surface area contributed by atoms with Crippen LogP contribution in [-0.4, -0.2) is 61.5 Å². The first-order valence-electron chi connectivity index (χ1n) is 12.3. The van der Waals surface area contributed by atoms with Crippen molar-refractivity contribution in [2.75, 3.05) is 26.4 Å². The van der Waals surface area contributed by atoms with E-state index in [9.17, 15) is 14.7 Å². The van der Waals surface area contributed by atoms with Crippen LogP contribution in [0.4, 0.5) is 0 Å². The molecule has 0 aliphatic carbocycles. The number of hydrogen-bond acceptors (Lipinski definition) is 9. The van der Waals surface area contributed by atoms with Crippen molar-refractivity contribution in [3.8, 4) is 0 Å². The Morgan fingerprint density at radius 3 is 1.33 bits per heavy atom. The van der Waals surface area contributed by atoms with Crippen LogP contribution < -0.4 is 0 Å². The normalized spacial score (nSPS) is 13.1. The highest BCUT2D eigenvalue weighted by Crippen LogP contribution is 2.20. The Morgan fingerprint density at radius 1 is 0.667 bits per heavy atom. The van der Waals surface area contributed by atoms with Gasteiger partial charge in [-0.3, -0.25) is 4.79 Å². The summed E-state index contributed by atoms with van der Waals surface area (Å²) in [7, 11) is 0. The van der Waals surface area contributed by atoms with Gasteiger partial charge in [-0.05, 0) is 25.7 Å². The van der Waals surface area contributed by atoms with Gasteiger partial charge < -0.3 is 33.5 Å². The maximum absolute atomic E-state index is 12.4. The van der Waals surface area contributed by atoms with Gasteiger partial charge in [0.25, 0.3) is 0 Å². The van der Waals surface area contributed by atoms with Crippen LogP contribution in [0.25, 0.3) is 0 Å². The molecule has 9 heteroatoms. The van der Waals surface area contributed by atoms with Crippen LogP contribution in [0.15, 0.2) is 0 Å². The van der Waals surface area contributed by atoms with Gasteiger partial charge in [-0.2, -0.15) is 0 Å². The second-order valence-electron chi connectivity index (χ2n) is 8.15. The number of unbranched alkanes of at least 4 members (excludes halogenated alkanes) is 4. The van der Waals surface area contributed by atoms with E-state index in [1.807, 2.05) is 27.7 Å². The Morgan fingerprint density at radius 2 is 1.00 bits per heavy atom. The fourth-order valence-electron chi connectivity index (χ4n) is 2.55. The maximum atomic E-state index is 12.4. The fraction of sp³-hybridized carbons (Fsp3) is 0.917. The summed E-state index contributed by atoms with van der Waals surface area (Å²) >= 11 is 0. The van der Waals surface area contributed by atoms with Crippen molar-refractivity contribution in [2.45, 2.75) is 117 Å². The first kappa shape index (κ1) is 31.7. The molecule has 0 amide bonds. The zero-order chi connectivity index (χ0) is 25.2. The van der Waals surface area contributed by atoms with Crippen LogP contribution in [0, 0.1) is 0 Å². The molecule has 0 fully saturated rings. The number of rotatable bonds is 21. The van der Waals surface area contributed by atoms with E-state index in [-0.39, 0.29) is 0 Å². The van der Waals surface area contributed by atoms with Gasteiger partial charge in [0.1, 0.15) is 0 Å². The van der Waals surface area contributed by atoms with Crippen LogP contribution >= 0.6 is 0 Å². The van der Waals surface area contributed by atoms with Gasteiger partial charge in [0.15, 0.2) is 6.10 Å². The standard InChI is InChI=1S/C24H46O9/c1-7-11-15-28-23(5,29-16-12-8-2)32-21(26)19-20(25)22(27)33-24(6,30-17-13-9-3)31-18-14-10-4/h20,25H,7-19H2,1-6H3. The van der Waals surface area contributed by atoms with Gasteiger partial charge in [0.05, 0.1) is 32.8 Å². The molecule has 0 saturated carbocycles. The number of carbonyl (C=O) groups is 2. The number of esters is 2. The molecular formula is C24H46O9. The van der Waals surface area contributed by atoms with Gasteiger partial charge in [-0.15, -0.1) is 0 Å². The Balaban J connectivity index is 4.93. The topological polar surface area (TPSA) is 110 Å². The quantitative estimate of drug-likeness (QED) is 0.145. The Labute approximate surface area is 199 Å². The first-order chi connectivity index (χ1) is 15.6. The van der Waals surface area contributed by atoms with E-state index in [4.69, 9.17) is 28.4 Å². The van der Waals surface area contributed by atoms with Crippen LogP contribution in [0.5, 0.6) is 0 Å². The van der Waals surface area contributed by atoms with Gasteiger partial charge in [0.2, 0.25) is 0 Å². The molecule has 0 aromatic carbocycles. The second-order valence-corrected chi connectivity index (χ2v) is 8.15. The van der Waals surface area contributed by atoms with Crippen LogP contribution in [0.3, 0.4) is 0 Å². The van der Waals surface area contributed by atoms with Gasteiger partial charge in [0, 0.05) is 13.8 Å². The highest BCUT2D eigenvalue weighted by molar-refractivity contribution is 5.81. The molecule has 0 saturated heterocycles. The van der Waals surface area contributed by atoms with E-state index < -0.39 is 36.4 Å². The SMILES string of the molecule is CCCCOC(C)(OCCCC)OC(=O)CC(O)C(=O)OC(C)(OCCCC)OCCCC. The minimum atomic E-state index is -1.75. The molecule has 0 radical (unpaired) electrons. The Bertz CT molecular complexity index is 504. The predicted octanol–water partition coefficient (Wildman–Crippen LogP) is 4.44. The summed E-state index contributed by atoms with van der Waals surface area (Å²) in [6.07, 6.45) is 4.29. The van der Waals surface area contributed by atoms with E-state index in [0.29, 0.717) is 26.4 Å². The van der Waals surface area contributed by atoms with Crippen molar-refractivity contribution in [1.29, 1.82) is 0 Å². The van der Waals surface area contributed by atoms with Crippen molar-refractivity contribution in [3.05, 3.63) is 0 Å². The smallest absolute Gasteiger partial charge is 0.339 e. The summed E-state index contributed by atoms with van der Waals surface area (Å²) in [4.78, 5) is 24.9. The lowest BCUT2D eigenvalue weighted by Gasteiger charge is -2.31. The summed E-state index contributed by atoms with van der Waals surface area (Å²) in [5.74, 6) is -5.13. The second kappa shape index (κ2) is 18.1. The summed E-state index contributed by atoms with van der Waals surface area (Å²) in [5, 5.41) is 10.3. The predicted molar refractivity (Wildman–Crippen MR) is 123 cm³/mol. The average Bonchev–Trinajstić information content (AvgIpc) is 2.74. The van der Waals surface area contributed by atoms with Gasteiger partial charge in [-0.25, -0.2) is 4.79 Å². The molecular weight excluding hydrogens is 432 g/mol. The van der Waals surface area contributed by atoms with E-state index in [1.165, 1.54) is 13.8 Å². The number of aliphatic hydroxyl groups excluding tert-OH is 1. The minimum Gasteiger partial charge on any atom is -0.408 e. The lowest BCUT2D eigenvalue weighted by atomic mass is 10.2. The maximum Gasteiger partial charge on any atom is 0.339 e. The number of aliphatic hydroxyl groups is 1. The molecule has 0 aromatic rings. The highest BCUT2D eigenvalue weighted by Gasteiger charge is 2.36. The Hall–Kier alpha value is -1.26. The molecule has 33 heavy (non-hydrogen) atoms. The largest absolute Gasteiger partial charge is 0.408 e. The molecule has 9 nitrogen and oxygen atoms in total. The van der Waals surface area contributed by atoms with Crippen molar-refractivity contribution in [2.24, 2.45) is 0 Å². The summed E-state index contributed by atoms with van der Waals surface area (Å²) in [5.41, 5.74) is 0. The molecule has 196 valence electrons. The van der Waals surface area contributed by atoms with E-state index >= 15 is 0 Å². The summed E-state index contributed by atoms with van der Waals surface area (Å²) < 4.78 is 33.0. The molecule has 0 rings (SSSR count). The number of hydrogen-bond donors (Lipinski definition) is 1. The van der Waals surface area contributed by atoms with Crippen molar-refractivity contribution >= 4 is 11.9 Å².